The Morgan fingerprint density at radius 1 is 1.27 bits per heavy atom. The van der Waals surface area contributed by atoms with Gasteiger partial charge in [0.1, 0.15) is 40.3 Å². The quantitative estimate of drug-likeness (QED) is 0.311. The van der Waals surface area contributed by atoms with Crippen molar-refractivity contribution in [1.29, 1.82) is 0 Å². The number of methoxy groups -OCH3 is 1. The van der Waals surface area contributed by atoms with E-state index in [0.717, 1.165) is 11.1 Å². The van der Waals surface area contributed by atoms with Gasteiger partial charge in [0.05, 0.1) is 25.3 Å². The summed E-state index contributed by atoms with van der Waals surface area (Å²) in [6.45, 7) is 10.7. The van der Waals surface area contributed by atoms with E-state index in [1.807, 2.05) is 51.1 Å². The van der Waals surface area contributed by atoms with Crippen LogP contribution in [0.3, 0.4) is 0 Å². The zero-order chi connectivity index (χ0) is 36.4. The van der Waals surface area contributed by atoms with E-state index in [1.54, 1.807) is 27.8 Å². The van der Waals surface area contributed by atoms with E-state index in [-0.39, 0.29) is 30.2 Å². The Morgan fingerprint density at radius 2 is 1.96 bits per heavy atom. The highest BCUT2D eigenvalue weighted by Gasteiger charge is 2.64. The Morgan fingerprint density at radius 3 is 2.59 bits per heavy atom. The van der Waals surface area contributed by atoms with Gasteiger partial charge in [-0.1, -0.05) is 56.2 Å². The van der Waals surface area contributed by atoms with Crippen LogP contribution in [0.15, 0.2) is 35.9 Å². The maximum absolute atomic E-state index is 14.0. The lowest BCUT2D eigenvalue weighted by Gasteiger charge is -2.42. The zero-order valence-electron chi connectivity index (χ0n) is 29.9. The zero-order valence-corrected chi connectivity index (χ0v) is 30.6. The molecule has 2 saturated heterocycles. The topological polar surface area (TPSA) is 147 Å². The molecule has 4 rings (SSSR count). The first-order chi connectivity index (χ1) is 23.0. The van der Waals surface area contributed by atoms with Crippen LogP contribution in [0.2, 0.25) is 5.02 Å². The minimum absolute atomic E-state index is 0.0819. The van der Waals surface area contributed by atoms with E-state index in [2.05, 4.69) is 5.32 Å². The van der Waals surface area contributed by atoms with Gasteiger partial charge in [-0.3, -0.25) is 14.9 Å². The molecule has 4 bridgehead atoms. The monoisotopic (exact) mass is 703 g/mol. The Hall–Kier alpha value is -3.61. The van der Waals surface area contributed by atoms with Crippen molar-refractivity contribution in [1.82, 2.24) is 10.2 Å². The molecular weight excluding hydrogens is 654 g/mol. The number of esters is 1. The van der Waals surface area contributed by atoms with Crippen molar-refractivity contribution in [3.63, 3.8) is 0 Å². The van der Waals surface area contributed by atoms with Crippen LogP contribution in [0.4, 0.5) is 10.5 Å². The van der Waals surface area contributed by atoms with Crippen LogP contribution in [-0.4, -0.2) is 90.8 Å². The summed E-state index contributed by atoms with van der Waals surface area (Å²) in [7, 11) is 4.61. The van der Waals surface area contributed by atoms with Gasteiger partial charge in [0.25, 0.3) is 0 Å². The number of nitrogens with zero attached hydrogens (tertiary/aromatic N) is 2. The van der Waals surface area contributed by atoms with Gasteiger partial charge < -0.3 is 33.9 Å². The van der Waals surface area contributed by atoms with E-state index in [4.69, 9.17) is 30.5 Å². The van der Waals surface area contributed by atoms with Gasteiger partial charge in [0.2, 0.25) is 11.8 Å². The summed E-state index contributed by atoms with van der Waals surface area (Å²) in [5.41, 5.74) is -0.509. The first-order valence-electron chi connectivity index (χ1n) is 16.8. The summed E-state index contributed by atoms with van der Waals surface area (Å²) in [5.74, 6) is -1.84. The van der Waals surface area contributed by atoms with Gasteiger partial charge in [-0.15, -0.1) is 0 Å². The molecule has 8 atom stereocenters. The smallest absolute Gasteiger partial charge is 0.409 e. The molecular formula is C36H50ClN3O9. The number of alkyl carbamates (subject to hydrolysis) is 1. The number of amides is 3. The first-order valence-corrected chi connectivity index (χ1v) is 17.2. The Bertz CT molecular complexity index is 1510. The average Bonchev–Trinajstić information content (AvgIpc) is 3.76. The van der Waals surface area contributed by atoms with Gasteiger partial charge in [-0.2, -0.15) is 0 Å². The molecule has 0 spiro atoms. The number of carbonyl (C=O) groups excluding carboxylic acids is 4. The third-order valence-electron chi connectivity index (χ3n) is 10.2. The van der Waals surface area contributed by atoms with Gasteiger partial charge in [0.15, 0.2) is 0 Å². The number of aliphatic hydroxyl groups is 1. The van der Waals surface area contributed by atoms with Crippen molar-refractivity contribution in [2.24, 2.45) is 11.8 Å². The molecule has 3 aliphatic heterocycles. The minimum Gasteiger partial charge on any atom is -0.495 e. The van der Waals surface area contributed by atoms with Crippen molar-refractivity contribution >= 4 is 41.2 Å². The molecule has 0 aliphatic carbocycles. The standard InChI is InChI=1S/C36H50ClN3O9/c1-10-24-14-12-13-20(3)15-23-16-25(31(37)26(17-23)46-9)40(8)30(42)18-28(48-33(43)22(5)39(7)29(41)11-2)35(6)32(49-35)21(4)27-19-36(24,45)38-34(44)47-27/h12-14,16-17,21-22,24,27-28,32,45H,10-11,15,18-19H2,1-9H3,(H,38,44)/b14-12+,20-13+/t21-,22+,24-,27+,28+,32+,35+,36+/m0/s1. The third kappa shape index (κ3) is 8.07. The molecule has 0 radical (unpaired) electrons. The van der Waals surface area contributed by atoms with Crippen LogP contribution in [0.1, 0.15) is 72.8 Å². The fourth-order valence-corrected chi connectivity index (χ4v) is 7.07. The summed E-state index contributed by atoms with van der Waals surface area (Å²) < 4.78 is 23.5. The molecule has 2 N–H and O–H groups in total. The van der Waals surface area contributed by atoms with Crippen LogP contribution in [0.5, 0.6) is 5.75 Å². The summed E-state index contributed by atoms with van der Waals surface area (Å²) >= 11 is 6.74. The fraction of sp³-hybridized carbons (Fsp3) is 0.611. The van der Waals surface area contributed by atoms with Crippen LogP contribution in [-0.2, 0) is 35.0 Å². The van der Waals surface area contributed by atoms with Crippen LogP contribution >= 0.6 is 11.6 Å². The first kappa shape index (κ1) is 38.2. The Labute approximate surface area is 293 Å². The molecule has 0 saturated carbocycles. The van der Waals surface area contributed by atoms with Crippen molar-refractivity contribution < 1.29 is 43.2 Å². The van der Waals surface area contributed by atoms with Gasteiger partial charge in [-0.05, 0) is 51.3 Å². The van der Waals surface area contributed by atoms with E-state index < -0.39 is 65.5 Å². The summed E-state index contributed by atoms with van der Waals surface area (Å²) in [6.07, 6.45) is 3.54. The summed E-state index contributed by atoms with van der Waals surface area (Å²) in [4.78, 5) is 55.4. The summed E-state index contributed by atoms with van der Waals surface area (Å²) in [6, 6.07) is 2.70. The maximum atomic E-state index is 14.0. The number of halogens is 1. The van der Waals surface area contributed by atoms with Crippen molar-refractivity contribution in [3.05, 3.63) is 46.5 Å². The number of allylic oxidation sites excluding steroid dienone is 3. The second-order valence-corrected chi connectivity index (χ2v) is 14.0. The van der Waals surface area contributed by atoms with Crippen LogP contribution in [0.25, 0.3) is 0 Å². The number of benzene rings is 1. The van der Waals surface area contributed by atoms with E-state index in [1.165, 1.54) is 24.0 Å². The lowest BCUT2D eigenvalue weighted by Crippen LogP contribution is -2.61. The number of rotatable bonds is 6. The Kier molecular flexibility index (Phi) is 11.8. The van der Waals surface area contributed by atoms with Crippen LogP contribution in [0, 0.1) is 11.8 Å². The molecule has 0 unspecified atom stereocenters. The SMILES string of the molecule is CCC(=O)N(C)[C@H](C)C(=O)O[C@@H]1CC(=O)N(C)c2cc(cc(OC)c2Cl)C/C(C)=C/C=C/[C@H](CC)[C@]2(O)C[C@@H](OC(=O)N2)[C@H](C)[C@H]2O[C@@]21C. The number of hydrogen-bond donors (Lipinski definition) is 2. The Balaban J connectivity index is 1.79. The number of carbonyl (C=O) groups is 4. The van der Waals surface area contributed by atoms with Crippen LogP contribution < -0.4 is 15.0 Å². The number of likely N-dealkylation sites (N-methyl/N-ethyl adjacent to an activating group) is 1. The predicted octanol–water partition coefficient (Wildman–Crippen LogP) is 4.94. The molecule has 13 heteroatoms. The molecule has 2 fully saturated rings. The van der Waals surface area contributed by atoms with E-state index in [9.17, 15) is 24.3 Å². The molecule has 1 aromatic rings. The number of nitrogens with one attached hydrogen (secondary N) is 1. The lowest BCUT2D eigenvalue weighted by atomic mass is 9.80. The van der Waals surface area contributed by atoms with Gasteiger partial charge in [0, 0.05) is 38.8 Å². The molecule has 3 aliphatic rings. The van der Waals surface area contributed by atoms with E-state index in [0.29, 0.717) is 24.3 Å². The van der Waals surface area contributed by atoms with Crippen molar-refractivity contribution in [2.75, 3.05) is 26.1 Å². The number of ether oxygens (including phenoxy) is 4. The number of epoxide rings is 1. The molecule has 0 aromatic heterocycles. The largest absolute Gasteiger partial charge is 0.495 e. The number of anilines is 1. The predicted molar refractivity (Wildman–Crippen MR) is 184 cm³/mol. The normalized spacial score (nSPS) is 32.8. The third-order valence-corrected chi connectivity index (χ3v) is 10.6. The molecule has 49 heavy (non-hydrogen) atoms. The minimum atomic E-state index is -1.59. The molecule has 1 aromatic carbocycles. The summed E-state index contributed by atoms with van der Waals surface area (Å²) in [5, 5.41) is 14.7. The molecule has 3 amide bonds. The molecule has 270 valence electrons. The second-order valence-electron chi connectivity index (χ2n) is 13.6. The van der Waals surface area contributed by atoms with Crippen molar-refractivity contribution in [2.45, 2.75) is 109 Å². The van der Waals surface area contributed by atoms with Gasteiger partial charge >= 0.3 is 12.1 Å². The maximum Gasteiger partial charge on any atom is 0.409 e. The van der Waals surface area contributed by atoms with Gasteiger partial charge in [-0.25, -0.2) is 9.59 Å². The highest BCUT2D eigenvalue weighted by molar-refractivity contribution is 6.35. The fourth-order valence-electron chi connectivity index (χ4n) is 6.76. The number of hydrogen-bond acceptors (Lipinski definition) is 9. The highest BCUT2D eigenvalue weighted by atomic mass is 35.5. The average molecular weight is 704 g/mol. The highest BCUT2D eigenvalue weighted by Crippen LogP contribution is 2.49. The van der Waals surface area contributed by atoms with Crippen molar-refractivity contribution in [3.8, 4) is 5.75 Å². The molecule has 3 heterocycles. The molecule has 12 nitrogen and oxygen atoms in total. The second kappa shape index (κ2) is 15.1. The van der Waals surface area contributed by atoms with E-state index >= 15 is 0 Å². The lowest BCUT2D eigenvalue weighted by molar-refractivity contribution is -0.161. The number of fused-ring (bicyclic) bond motifs is 5.